The Kier molecular flexibility index (Phi) is 14.8. The van der Waals surface area contributed by atoms with E-state index in [-0.39, 0.29) is 61.5 Å². The number of hydrogen-bond donors (Lipinski definition) is 4. The Morgan fingerprint density at radius 2 is 1.71 bits per heavy atom. The summed E-state index contributed by atoms with van der Waals surface area (Å²) in [4.78, 5) is 81.6. The summed E-state index contributed by atoms with van der Waals surface area (Å²) in [6, 6.07) is 17.1. The van der Waals surface area contributed by atoms with E-state index in [9.17, 15) is 29.1 Å². The van der Waals surface area contributed by atoms with Crippen LogP contribution in [-0.2, 0) is 32.7 Å². The number of thiazole rings is 1. The van der Waals surface area contributed by atoms with Crippen LogP contribution in [0.1, 0.15) is 89.5 Å². The summed E-state index contributed by atoms with van der Waals surface area (Å²) in [6.45, 7) is 15.3. The van der Waals surface area contributed by atoms with Crippen LogP contribution in [0.5, 0.6) is 5.75 Å². The van der Waals surface area contributed by atoms with Crippen LogP contribution in [0, 0.1) is 12.3 Å². The number of hydrogen-bond acceptors (Lipinski definition) is 14. The van der Waals surface area contributed by atoms with Gasteiger partial charge in [-0.05, 0) is 94.0 Å². The molecule has 0 spiro atoms. The normalized spacial score (nSPS) is 15.8. The summed E-state index contributed by atoms with van der Waals surface area (Å²) < 4.78 is 19.5. The van der Waals surface area contributed by atoms with Gasteiger partial charge >= 0.3 is 0 Å². The third-order valence-corrected chi connectivity index (χ3v) is 12.6. The van der Waals surface area contributed by atoms with E-state index >= 15 is 0 Å². The molecule has 69 heavy (non-hydrogen) atoms. The number of rotatable bonds is 17. The Bertz CT molecular complexity index is 2880. The maximum atomic E-state index is 14.2. The number of aliphatic hydroxyl groups excluding tert-OH is 1. The highest BCUT2D eigenvalue weighted by Gasteiger charge is 2.44. The number of ether oxygens (including phenoxy) is 2. The van der Waals surface area contributed by atoms with Gasteiger partial charge in [-0.1, -0.05) is 45.0 Å². The van der Waals surface area contributed by atoms with Gasteiger partial charge in [-0.15, -0.1) is 11.3 Å². The van der Waals surface area contributed by atoms with E-state index in [1.54, 1.807) is 41.7 Å². The lowest BCUT2D eigenvalue weighted by molar-refractivity contribution is -0.144. The molecule has 6 aromatic rings. The van der Waals surface area contributed by atoms with Crippen molar-refractivity contribution in [3.05, 3.63) is 106 Å². The standard InChI is InChI=1S/C50H59N9O9S/c1-29-42(69-28-53-29)31-12-10-30(11-13-31)24-52-45(64)38-23-33(60)26-59(38)47(65)43(48(2,3)4)56-40(61)20-21-49(5,6)66-27-50(7,8)68-34-15-16-35(51-25-34)44(63)54-32-14-18-39-37(22-32)55-46(67-39)36-17-19-41(62)58(9)57-36/h10-19,22,25,28,33,38,43,60H,20-21,23-24,26-27H2,1-9H3,(H,52,64)(H,54,63)(H,56,61)/t33-,38+,43?/m0/s1. The number of likely N-dealkylation sites (tertiary alicyclic amines) is 1. The molecule has 0 saturated carbocycles. The van der Waals surface area contributed by atoms with Crippen LogP contribution in [0.2, 0.25) is 0 Å². The van der Waals surface area contributed by atoms with Crippen LogP contribution in [0.4, 0.5) is 5.69 Å². The van der Waals surface area contributed by atoms with Crippen molar-refractivity contribution < 1.29 is 38.2 Å². The fourth-order valence-corrected chi connectivity index (χ4v) is 8.53. The molecule has 7 rings (SSSR count). The number of aromatic nitrogens is 5. The van der Waals surface area contributed by atoms with E-state index in [0.717, 1.165) is 21.7 Å². The first kappa shape index (κ1) is 50.1. The maximum Gasteiger partial charge on any atom is 0.274 e. The molecular formula is C50H59N9O9S. The molecule has 3 atom stereocenters. The summed E-state index contributed by atoms with van der Waals surface area (Å²) in [6.07, 6.45) is 1.03. The van der Waals surface area contributed by atoms with Crippen LogP contribution in [0.25, 0.3) is 33.1 Å². The van der Waals surface area contributed by atoms with Crippen LogP contribution in [-0.4, -0.2) is 101 Å². The number of carbonyl (C=O) groups is 4. The number of aryl methyl sites for hydroxylation is 2. The van der Waals surface area contributed by atoms with E-state index in [1.165, 1.54) is 35.0 Å². The van der Waals surface area contributed by atoms with Gasteiger partial charge in [0.05, 0.1) is 40.6 Å². The van der Waals surface area contributed by atoms with Gasteiger partial charge in [0.25, 0.3) is 11.5 Å². The number of fused-ring (bicyclic) bond motifs is 1. The highest BCUT2D eigenvalue weighted by molar-refractivity contribution is 7.13. The van der Waals surface area contributed by atoms with E-state index < -0.39 is 46.6 Å². The number of nitrogens with zero attached hydrogens (tertiary/aromatic N) is 6. The molecule has 4 aromatic heterocycles. The van der Waals surface area contributed by atoms with Gasteiger partial charge in [-0.2, -0.15) is 5.10 Å². The van der Waals surface area contributed by atoms with Crippen molar-refractivity contribution >= 4 is 51.8 Å². The van der Waals surface area contributed by atoms with Gasteiger partial charge in [0.15, 0.2) is 5.58 Å². The van der Waals surface area contributed by atoms with Gasteiger partial charge in [0, 0.05) is 44.7 Å². The Balaban J connectivity index is 0.873. The zero-order chi connectivity index (χ0) is 49.8. The zero-order valence-electron chi connectivity index (χ0n) is 40.3. The summed E-state index contributed by atoms with van der Waals surface area (Å²) in [5.41, 5.74) is 4.10. The quantitative estimate of drug-likeness (QED) is 0.0798. The van der Waals surface area contributed by atoms with Crippen molar-refractivity contribution in [3.8, 4) is 27.8 Å². The number of benzene rings is 2. The molecule has 364 valence electrons. The summed E-state index contributed by atoms with van der Waals surface area (Å²) in [5.74, 6) is -0.972. The Labute approximate surface area is 403 Å². The van der Waals surface area contributed by atoms with Gasteiger partial charge in [0.2, 0.25) is 23.6 Å². The summed E-state index contributed by atoms with van der Waals surface area (Å²) in [7, 11) is 1.54. The molecule has 0 bridgehead atoms. The van der Waals surface area contributed by atoms with Crippen LogP contribution in [0.15, 0.2) is 87.6 Å². The molecule has 18 nitrogen and oxygen atoms in total. The van der Waals surface area contributed by atoms with Crippen molar-refractivity contribution in [1.82, 2.24) is 40.3 Å². The number of aliphatic hydroxyl groups is 1. The van der Waals surface area contributed by atoms with Crippen molar-refractivity contribution in [1.29, 1.82) is 0 Å². The summed E-state index contributed by atoms with van der Waals surface area (Å²) in [5, 5.41) is 23.5. The predicted molar refractivity (Wildman–Crippen MR) is 260 cm³/mol. The monoisotopic (exact) mass is 961 g/mol. The number of nitrogens with one attached hydrogen (secondary N) is 3. The second kappa shape index (κ2) is 20.4. The SMILES string of the molecule is Cc1ncsc1-c1ccc(CNC(=O)[C@H]2C[C@H](O)CN2C(=O)C(NC(=O)CCC(C)(C)OCC(C)(C)Oc2ccc(C(=O)Nc3ccc4oc(-c5ccc(=O)n(C)n5)nc4c3)nc2)C(C)(C)C)cc1. The topological polar surface area (TPSA) is 233 Å². The average Bonchev–Trinajstić information content (AvgIpc) is 4.04. The third kappa shape index (κ3) is 12.6. The van der Waals surface area contributed by atoms with Crippen LogP contribution < -0.4 is 26.2 Å². The van der Waals surface area contributed by atoms with E-state index in [4.69, 9.17) is 13.9 Å². The molecule has 1 aliphatic rings. The maximum absolute atomic E-state index is 14.2. The number of amides is 4. The molecule has 19 heteroatoms. The minimum absolute atomic E-state index is 0.0264. The lowest BCUT2D eigenvalue weighted by Gasteiger charge is -2.36. The molecule has 1 fully saturated rings. The van der Waals surface area contributed by atoms with Crippen molar-refractivity contribution in [2.45, 2.75) is 111 Å². The number of β-amino-alcohol motifs (C(OH)–C–C–N with tert-alkyl or cyclic N) is 1. The number of oxazole rings is 1. The molecule has 4 N–H and O–H groups in total. The lowest BCUT2D eigenvalue weighted by Crippen LogP contribution is -2.57. The molecular weight excluding hydrogens is 903 g/mol. The Hall–Kier alpha value is -6.83. The third-order valence-electron chi connectivity index (χ3n) is 11.7. The molecule has 0 radical (unpaired) electrons. The summed E-state index contributed by atoms with van der Waals surface area (Å²) >= 11 is 1.57. The van der Waals surface area contributed by atoms with Gasteiger partial charge in [-0.3, -0.25) is 24.0 Å². The molecule has 0 aliphatic carbocycles. The van der Waals surface area contributed by atoms with Crippen molar-refractivity contribution in [3.63, 3.8) is 0 Å². The largest absolute Gasteiger partial charge is 0.484 e. The first-order valence-corrected chi connectivity index (χ1v) is 23.5. The average molecular weight is 962 g/mol. The van der Waals surface area contributed by atoms with Crippen LogP contribution >= 0.6 is 11.3 Å². The van der Waals surface area contributed by atoms with Crippen molar-refractivity contribution in [2.75, 3.05) is 18.5 Å². The van der Waals surface area contributed by atoms with E-state index in [1.807, 2.05) is 85.2 Å². The molecule has 5 heterocycles. The molecule has 1 unspecified atom stereocenters. The minimum atomic E-state index is -0.966. The fourth-order valence-electron chi connectivity index (χ4n) is 7.72. The van der Waals surface area contributed by atoms with Gasteiger partial charge < -0.3 is 39.8 Å². The second-order valence-corrected chi connectivity index (χ2v) is 20.4. The second-order valence-electron chi connectivity index (χ2n) is 19.6. The van der Waals surface area contributed by atoms with E-state index in [2.05, 4.69) is 36.0 Å². The first-order chi connectivity index (χ1) is 32.5. The number of carbonyl (C=O) groups excluding carboxylic acids is 4. The van der Waals surface area contributed by atoms with Crippen LogP contribution in [0.3, 0.4) is 0 Å². The zero-order valence-corrected chi connectivity index (χ0v) is 41.1. The first-order valence-electron chi connectivity index (χ1n) is 22.6. The molecule has 4 amide bonds. The minimum Gasteiger partial charge on any atom is -0.484 e. The van der Waals surface area contributed by atoms with Gasteiger partial charge in [0.1, 0.15) is 40.3 Å². The lowest BCUT2D eigenvalue weighted by atomic mass is 9.85. The molecule has 1 saturated heterocycles. The number of pyridine rings is 1. The molecule has 1 aliphatic heterocycles. The highest BCUT2D eigenvalue weighted by atomic mass is 32.1. The Morgan fingerprint density at radius 1 is 0.957 bits per heavy atom. The van der Waals surface area contributed by atoms with E-state index in [0.29, 0.717) is 34.7 Å². The smallest absolute Gasteiger partial charge is 0.274 e. The number of anilines is 1. The van der Waals surface area contributed by atoms with Gasteiger partial charge in [-0.25, -0.2) is 19.6 Å². The highest BCUT2D eigenvalue weighted by Crippen LogP contribution is 2.30. The van der Waals surface area contributed by atoms with Crippen molar-refractivity contribution in [2.24, 2.45) is 12.5 Å². The predicted octanol–water partition coefficient (Wildman–Crippen LogP) is 6.21. The fraction of sp³-hybridized carbons (Fsp3) is 0.420. The molecule has 2 aromatic carbocycles. The Morgan fingerprint density at radius 3 is 2.38 bits per heavy atom.